The van der Waals surface area contributed by atoms with E-state index in [-0.39, 0.29) is 6.04 Å². The van der Waals surface area contributed by atoms with Gasteiger partial charge in [0.05, 0.1) is 11.7 Å². The Morgan fingerprint density at radius 2 is 2.33 bits per heavy atom. The maximum atomic E-state index is 6.31. The van der Waals surface area contributed by atoms with Crippen molar-refractivity contribution < 1.29 is 0 Å². The lowest BCUT2D eigenvalue weighted by atomic mass is 9.77. The Kier molecular flexibility index (Phi) is 2.59. The van der Waals surface area contributed by atoms with E-state index in [0.717, 1.165) is 5.69 Å². The highest BCUT2D eigenvalue weighted by Crippen LogP contribution is 2.47. The number of aromatic nitrogens is 2. The van der Waals surface area contributed by atoms with E-state index in [0.29, 0.717) is 11.3 Å². The van der Waals surface area contributed by atoms with Crippen molar-refractivity contribution in [1.29, 1.82) is 0 Å². The van der Waals surface area contributed by atoms with Crippen molar-refractivity contribution in [1.82, 2.24) is 9.78 Å². The van der Waals surface area contributed by atoms with Gasteiger partial charge in [0.25, 0.3) is 0 Å². The van der Waals surface area contributed by atoms with E-state index in [1.165, 1.54) is 19.3 Å². The van der Waals surface area contributed by atoms with E-state index in [1.54, 1.807) is 0 Å². The van der Waals surface area contributed by atoms with Gasteiger partial charge in [-0.2, -0.15) is 5.10 Å². The van der Waals surface area contributed by atoms with Crippen LogP contribution in [0.15, 0.2) is 12.3 Å². The smallest absolute Gasteiger partial charge is 0.0794 e. The van der Waals surface area contributed by atoms with Gasteiger partial charge in [-0.25, -0.2) is 0 Å². The highest BCUT2D eigenvalue weighted by atomic mass is 15.3. The molecule has 2 N–H and O–H groups in total. The van der Waals surface area contributed by atoms with Crippen molar-refractivity contribution in [3.8, 4) is 0 Å². The van der Waals surface area contributed by atoms with Gasteiger partial charge in [0, 0.05) is 13.2 Å². The van der Waals surface area contributed by atoms with Crippen molar-refractivity contribution in [2.75, 3.05) is 0 Å². The molecule has 0 aliphatic heterocycles. The molecule has 1 fully saturated rings. The van der Waals surface area contributed by atoms with Gasteiger partial charge >= 0.3 is 0 Å². The molecule has 1 aromatic heterocycles. The summed E-state index contributed by atoms with van der Waals surface area (Å²) in [7, 11) is 1.94. The second-order valence-electron chi connectivity index (χ2n) is 5.43. The molecule has 1 saturated carbocycles. The zero-order valence-electron chi connectivity index (χ0n) is 9.90. The molecular weight excluding hydrogens is 186 g/mol. The SMILES string of the molecule is Cn1ccc(C(N)C2CCCC2(C)C)n1. The minimum absolute atomic E-state index is 0.101. The van der Waals surface area contributed by atoms with Gasteiger partial charge in [-0.15, -0.1) is 0 Å². The molecule has 3 nitrogen and oxygen atoms in total. The second kappa shape index (κ2) is 3.63. The molecule has 2 rings (SSSR count). The molecule has 1 aliphatic rings. The molecule has 0 bridgehead atoms. The van der Waals surface area contributed by atoms with Crippen LogP contribution in [0.25, 0.3) is 0 Å². The van der Waals surface area contributed by atoms with Crippen LogP contribution in [0, 0.1) is 11.3 Å². The Morgan fingerprint density at radius 3 is 2.80 bits per heavy atom. The van der Waals surface area contributed by atoms with Gasteiger partial charge in [0.1, 0.15) is 0 Å². The summed E-state index contributed by atoms with van der Waals surface area (Å²) < 4.78 is 1.83. The number of rotatable bonds is 2. The molecule has 0 amide bonds. The first kappa shape index (κ1) is 10.7. The molecule has 15 heavy (non-hydrogen) atoms. The van der Waals surface area contributed by atoms with E-state index in [9.17, 15) is 0 Å². The van der Waals surface area contributed by atoms with E-state index in [1.807, 2.05) is 24.0 Å². The third-order valence-electron chi connectivity index (χ3n) is 3.85. The fraction of sp³-hybridized carbons (Fsp3) is 0.750. The molecule has 1 aliphatic carbocycles. The molecule has 0 radical (unpaired) electrons. The van der Waals surface area contributed by atoms with Crippen molar-refractivity contribution >= 4 is 0 Å². The molecule has 0 aromatic carbocycles. The molecule has 1 aromatic rings. The van der Waals surface area contributed by atoms with Gasteiger partial charge in [-0.1, -0.05) is 20.3 Å². The maximum absolute atomic E-state index is 6.31. The van der Waals surface area contributed by atoms with Gasteiger partial charge < -0.3 is 5.73 Å². The Morgan fingerprint density at radius 1 is 1.60 bits per heavy atom. The van der Waals surface area contributed by atoms with Crippen LogP contribution in [0.4, 0.5) is 0 Å². The minimum Gasteiger partial charge on any atom is -0.322 e. The third kappa shape index (κ3) is 1.93. The topological polar surface area (TPSA) is 43.8 Å². The predicted molar refractivity (Wildman–Crippen MR) is 61.3 cm³/mol. The van der Waals surface area contributed by atoms with Gasteiger partial charge in [-0.3, -0.25) is 4.68 Å². The largest absolute Gasteiger partial charge is 0.322 e. The van der Waals surface area contributed by atoms with E-state index in [4.69, 9.17) is 5.73 Å². The molecule has 84 valence electrons. The minimum atomic E-state index is 0.101. The van der Waals surface area contributed by atoms with Crippen molar-refractivity contribution in [2.45, 2.75) is 39.2 Å². The lowest BCUT2D eigenvalue weighted by Gasteiger charge is -2.31. The lowest BCUT2D eigenvalue weighted by molar-refractivity contribution is 0.219. The first-order valence-corrected chi connectivity index (χ1v) is 5.76. The van der Waals surface area contributed by atoms with Crippen molar-refractivity contribution in [2.24, 2.45) is 24.1 Å². The average Bonchev–Trinajstić information content (AvgIpc) is 2.70. The predicted octanol–water partition coefficient (Wildman–Crippen LogP) is 2.25. The number of nitrogens with zero attached hydrogens (tertiary/aromatic N) is 2. The molecule has 1 heterocycles. The number of aryl methyl sites for hydroxylation is 1. The lowest BCUT2D eigenvalue weighted by Crippen LogP contribution is -2.30. The number of nitrogens with two attached hydrogens (primary N) is 1. The molecule has 2 atom stereocenters. The van der Waals surface area contributed by atoms with Gasteiger partial charge in [-0.05, 0) is 30.2 Å². The number of hydrogen-bond acceptors (Lipinski definition) is 2. The van der Waals surface area contributed by atoms with Crippen LogP contribution in [-0.2, 0) is 7.05 Å². The summed E-state index contributed by atoms with van der Waals surface area (Å²) in [5, 5.41) is 4.41. The van der Waals surface area contributed by atoms with E-state index in [2.05, 4.69) is 18.9 Å². The van der Waals surface area contributed by atoms with Crippen LogP contribution >= 0.6 is 0 Å². The summed E-state index contributed by atoms with van der Waals surface area (Å²) in [6, 6.07) is 2.14. The standard InChI is InChI=1S/C12H21N3/c1-12(2)7-4-5-9(12)11(13)10-6-8-15(3)14-10/h6,8-9,11H,4-5,7,13H2,1-3H3. The quantitative estimate of drug-likeness (QED) is 0.808. The third-order valence-corrected chi connectivity index (χ3v) is 3.85. The first-order valence-electron chi connectivity index (χ1n) is 5.76. The van der Waals surface area contributed by atoms with E-state index < -0.39 is 0 Å². The zero-order chi connectivity index (χ0) is 11.1. The molecule has 0 saturated heterocycles. The van der Waals surface area contributed by atoms with Crippen LogP contribution in [0.3, 0.4) is 0 Å². The summed E-state index contributed by atoms with van der Waals surface area (Å²) >= 11 is 0. The summed E-state index contributed by atoms with van der Waals surface area (Å²) in [6.45, 7) is 4.65. The summed E-state index contributed by atoms with van der Waals surface area (Å²) in [4.78, 5) is 0. The summed E-state index contributed by atoms with van der Waals surface area (Å²) in [5.41, 5.74) is 7.72. The van der Waals surface area contributed by atoms with Crippen LogP contribution < -0.4 is 5.73 Å². The first-order chi connectivity index (χ1) is 7.00. The highest BCUT2D eigenvalue weighted by molar-refractivity contribution is 5.09. The zero-order valence-corrected chi connectivity index (χ0v) is 9.90. The molecule has 3 heteroatoms. The van der Waals surface area contributed by atoms with E-state index >= 15 is 0 Å². The molecule has 2 unspecified atom stereocenters. The van der Waals surface area contributed by atoms with Crippen LogP contribution in [0.2, 0.25) is 0 Å². The second-order valence-corrected chi connectivity index (χ2v) is 5.43. The molecular formula is C12H21N3. The normalized spacial score (nSPS) is 26.8. The van der Waals surface area contributed by atoms with Crippen LogP contribution in [0.5, 0.6) is 0 Å². The highest BCUT2D eigenvalue weighted by Gasteiger charge is 2.39. The fourth-order valence-corrected chi connectivity index (χ4v) is 2.84. The van der Waals surface area contributed by atoms with Gasteiger partial charge in [0.2, 0.25) is 0 Å². The Bertz CT molecular complexity index is 340. The monoisotopic (exact) mass is 207 g/mol. The fourth-order valence-electron chi connectivity index (χ4n) is 2.84. The molecule has 0 spiro atoms. The Hall–Kier alpha value is -0.830. The van der Waals surface area contributed by atoms with Gasteiger partial charge in [0.15, 0.2) is 0 Å². The average molecular weight is 207 g/mol. The maximum Gasteiger partial charge on any atom is 0.0794 e. The van der Waals surface area contributed by atoms with Crippen LogP contribution in [-0.4, -0.2) is 9.78 Å². The Balaban J connectivity index is 2.17. The van der Waals surface area contributed by atoms with Crippen molar-refractivity contribution in [3.63, 3.8) is 0 Å². The summed E-state index contributed by atoms with van der Waals surface area (Å²) in [5.74, 6) is 0.576. The summed E-state index contributed by atoms with van der Waals surface area (Å²) in [6.07, 6.45) is 5.80. The number of hydrogen-bond donors (Lipinski definition) is 1. The van der Waals surface area contributed by atoms with Crippen molar-refractivity contribution in [3.05, 3.63) is 18.0 Å². The Labute approximate surface area is 91.7 Å². The van der Waals surface area contributed by atoms with Crippen LogP contribution in [0.1, 0.15) is 44.8 Å².